The van der Waals surface area contributed by atoms with Gasteiger partial charge >= 0.3 is 0 Å². The first-order valence-corrected chi connectivity index (χ1v) is 10.4. The quantitative estimate of drug-likeness (QED) is 0.263. The zero-order valence-corrected chi connectivity index (χ0v) is 17.1. The first-order valence-electron chi connectivity index (χ1n) is 10.4. The minimum atomic E-state index is 0.237. The highest BCUT2D eigenvalue weighted by Crippen LogP contribution is 2.16. The normalized spacial score (nSPS) is 17.5. The van der Waals surface area contributed by atoms with Crippen LogP contribution >= 0.6 is 0 Å². The van der Waals surface area contributed by atoms with E-state index in [4.69, 9.17) is 14.5 Å². The summed E-state index contributed by atoms with van der Waals surface area (Å²) in [5.74, 6) is 2.60. The molecule has 0 saturated carbocycles. The van der Waals surface area contributed by atoms with Crippen LogP contribution in [-0.2, 0) is 9.47 Å². The topological polar surface area (TPSA) is 75.1 Å². The molecule has 6 heteroatoms. The molecule has 0 radical (unpaired) electrons. The van der Waals surface area contributed by atoms with Crippen LogP contribution in [0.25, 0.3) is 0 Å². The second kappa shape index (κ2) is 15.2. The van der Waals surface area contributed by atoms with Crippen molar-refractivity contribution in [1.82, 2.24) is 10.6 Å². The van der Waals surface area contributed by atoms with Crippen LogP contribution in [0.15, 0.2) is 4.99 Å². The number of nitrogens with zero attached hydrogens (tertiary/aromatic N) is 1. The molecule has 0 aromatic carbocycles. The van der Waals surface area contributed by atoms with Gasteiger partial charge in [-0.3, -0.25) is 4.99 Å². The number of guanidine groups is 1. The van der Waals surface area contributed by atoms with E-state index in [1.807, 2.05) is 0 Å². The first-order chi connectivity index (χ1) is 12.7. The van der Waals surface area contributed by atoms with Crippen LogP contribution < -0.4 is 10.6 Å². The second-order valence-electron chi connectivity index (χ2n) is 7.64. The van der Waals surface area contributed by atoms with Gasteiger partial charge in [-0.1, -0.05) is 13.8 Å². The van der Waals surface area contributed by atoms with Gasteiger partial charge in [0.1, 0.15) is 0 Å². The van der Waals surface area contributed by atoms with Crippen molar-refractivity contribution in [2.75, 3.05) is 52.7 Å². The number of hydrogen-bond donors (Lipinski definition) is 3. The molecule has 0 bridgehead atoms. The summed E-state index contributed by atoms with van der Waals surface area (Å²) in [5, 5.41) is 15.9. The van der Waals surface area contributed by atoms with Crippen LogP contribution in [0.1, 0.15) is 52.9 Å². The summed E-state index contributed by atoms with van der Waals surface area (Å²) >= 11 is 0. The highest BCUT2D eigenvalue weighted by molar-refractivity contribution is 5.79. The van der Waals surface area contributed by atoms with Gasteiger partial charge < -0.3 is 25.2 Å². The number of rotatable bonds is 13. The van der Waals surface area contributed by atoms with Gasteiger partial charge in [0.15, 0.2) is 5.96 Å². The third-order valence-corrected chi connectivity index (χ3v) is 4.65. The minimum Gasteiger partial charge on any atom is -0.396 e. The number of aliphatic hydroxyl groups is 1. The lowest BCUT2D eigenvalue weighted by Gasteiger charge is -2.21. The Morgan fingerprint density at radius 1 is 1.27 bits per heavy atom. The summed E-state index contributed by atoms with van der Waals surface area (Å²) in [7, 11) is 0. The van der Waals surface area contributed by atoms with Crippen LogP contribution in [0, 0.1) is 17.8 Å². The molecule has 3 N–H and O–H groups in total. The molecule has 1 saturated heterocycles. The second-order valence-corrected chi connectivity index (χ2v) is 7.64. The van der Waals surface area contributed by atoms with Crippen LogP contribution in [0.5, 0.6) is 0 Å². The van der Waals surface area contributed by atoms with E-state index >= 15 is 0 Å². The summed E-state index contributed by atoms with van der Waals surface area (Å²) < 4.78 is 11.2. The Labute approximate surface area is 160 Å². The first kappa shape index (κ1) is 23.2. The molecular weight excluding hydrogens is 330 g/mol. The number of ether oxygens (including phenoxy) is 2. The summed E-state index contributed by atoms with van der Waals surface area (Å²) in [6, 6.07) is 0. The Morgan fingerprint density at radius 3 is 2.69 bits per heavy atom. The van der Waals surface area contributed by atoms with Crippen LogP contribution in [-0.4, -0.2) is 63.7 Å². The predicted molar refractivity (Wildman–Crippen MR) is 108 cm³/mol. The Kier molecular flexibility index (Phi) is 13.6. The van der Waals surface area contributed by atoms with Gasteiger partial charge in [0.05, 0.1) is 0 Å². The molecule has 1 atom stereocenters. The molecule has 1 aliphatic heterocycles. The van der Waals surface area contributed by atoms with Gasteiger partial charge in [0.25, 0.3) is 0 Å². The SMILES string of the molecule is CCNC(=NCC(CCO)CC(C)C)NCCCOCC1CCOCC1. The molecule has 1 rings (SSSR count). The monoisotopic (exact) mass is 371 g/mol. The average Bonchev–Trinajstić information content (AvgIpc) is 2.62. The van der Waals surface area contributed by atoms with Crippen molar-refractivity contribution in [2.45, 2.75) is 52.9 Å². The zero-order chi connectivity index (χ0) is 19.0. The summed E-state index contributed by atoms with van der Waals surface area (Å²) in [6.07, 6.45) is 5.14. The van der Waals surface area contributed by atoms with Crippen molar-refractivity contribution in [3.63, 3.8) is 0 Å². The van der Waals surface area contributed by atoms with E-state index in [1.165, 1.54) is 0 Å². The van der Waals surface area contributed by atoms with E-state index in [-0.39, 0.29) is 6.61 Å². The maximum absolute atomic E-state index is 9.24. The van der Waals surface area contributed by atoms with Crippen molar-refractivity contribution >= 4 is 5.96 Å². The van der Waals surface area contributed by atoms with Crippen LogP contribution in [0.2, 0.25) is 0 Å². The van der Waals surface area contributed by atoms with Crippen molar-refractivity contribution in [3.05, 3.63) is 0 Å². The van der Waals surface area contributed by atoms with Gasteiger partial charge in [-0.05, 0) is 56.8 Å². The van der Waals surface area contributed by atoms with E-state index in [1.54, 1.807) is 0 Å². The molecule has 0 aromatic heterocycles. The van der Waals surface area contributed by atoms with Crippen LogP contribution in [0.4, 0.5) is 0 Å². The standard InChI is InChI=1S/C20H41N3O3/c1-4-21-20(23-15-19(6-10-24)14-17(2)3)22-9-5-11-26-16-18-7-12-25-13-8-18/h17-19,24H,4-16H2,1-3H3,(H2,21,22,23). The van der Waals surface area contributed by atoms with Gasteiger partial charge in [-0.25, -0.2) is 0 Å². The minimum absolute atomic E-state index is 0.237. The smallest absolute Gasteiger partial charge is 0.191 e. The van der Waals surface area contributed by atoms with E-state index in [2.05, 4.69) is 31.4 Å². The molecule has 6 nitrogen and oxygen atoms in total. The fourth-order valence-electron chi connectivity index (χ4n) is 3.24. The van der Waals surface area contributed by atoms with E-state index in [0.717, 1.165) is 84.1 Å². The number of aliphatic imine (C=N–C) groups is 1. The summed E-state index contributed by atoms with van der Waals surface area (Å²) in [4.78, 5) is 4.71. The average molecular weight is 372 g/mol. The molecule has 0 amide bonds. The largest absolute Gasteiger partial charge is 0.396 e. The van der Waals surface area contributed by atoms with Gasteiger partial charge in [-0.15, -0.1) is 0 Å². The third kappa shape index (κ3) is 11.7. The van der Waals surface area contributed by atoms with Gasteiger partial charge in [0.2, 0.25) is 0 Å². The molecule has 1 aliphatic rings. The zero-order valence-electron chi connectivity index (χ0n) is 17.1. The van der Waals surface area contributed by atoms with E-state index in [9.17, 15) is 5.11 Å². The van der Waals surface area contributed by atoms with Crippen molar-refractivity contribution in [1.29, 1.82) is 0 Å². The molecule has 154 valence electrons. The number of hydrogen-bond acceptors (Lipinski definition) is 4. The number of nitrogens with one attached hydrogen (secondary N) is 2. The lowest BCUT2D eigenvalue weighted by Crippen LogP contribution is -2.38. The third-order valence-electron chi connectivity index (χ3n) is 4.65. The fraction of sp³-hybridized carbons (Fsp3) is 0.950. The molecule has 26 heavy (non-hydrogen) atoms. The van der Waals surface area contributed by atoms with E-state index < -0.39 is 0 Å². The highest BCUT2D eigenvalue weighted by atomic mass is 16.5. The molecule has 1 unspecified atom stereocenters. The molecule has 1 fully saturated rings. The van der Waals surface area contributed by atoms with Gasteiger partial charge in [0, 0.05) is 52.7 Å². The summed E-state index contributed by atoms with van der Waals surface area (Å²) in [5.41, 5.74) is 0. The molecule has 0 spiro atoms. The molecule has 0 aliphatic carbocycles. The predicted octanol–water partition coefficient (Wildman–Crippen LogP) is 2.42. The Morgan fingerprint density at radius 2 is 2.04 bits per heavy atom. The molecule has 0 aromatic rings. The molecular formula is C20H41N3O3. The van der Waals surface area contributed by atoms with Crippen molar-refractivity contribution in [3.8, 4) is 0 Å². The lowest BCUT2D eigenvalue weighted by molar-refractivity contribution is 0.0203. The Hall–Kier alpha value is -0.850. The van der Waals surface area contributed by atoms with Gasteiger partial charge in [-0.2, -0.15) is 0 Å². The van der Waals surface area contributed by atoms with Crippen molar-refractivity contribution < 1.29 is 14.6 Å². The Bertz CT molecular complexity index is 358. The maximum Gasteiger partial charge on any atom is 0.191 e. The molecule has 1 heterocycles. The van der Waals surface area contributed by atoms with E-state index in [0.29, 0.717) is 17.8 Å². The number of aliphatic hydroxyl groups excluding tert-OH is 1. The Balaban J connectivity index is 2.21. The fourth-order valence-corrected chi connectivity index (χ4v) is 3.24. The van der Waals surface area contributed by atoms with Crippen LogP contribution in [0.3, 0.4) is 0 Å². The summed E-state index contributed by atoms with van der Waals surface area (Å²) in [6.45, 7) is 12.6. The maximum atomic E-state index is 9.24. The lowest BCUT2D eigenvalue weighted by atomic mass is 9.94. The highest BCUT2D eigenvalue weighted by Gasteiger charge is 2.13. The van der Waals surface area contributed by atoms with Crippen molar-refractivity contribution in [2.24, 2.45) is 22.7 Å².